The molecule has 2 aromatic rings. The van der Waals surface area contributed by atoms with Crippen LogP contribution >= 0.6 is 0 Å². The number of benzene rings is 2. The maximum absolute atomic E-state index is 11.9. The van der Waals surface area contributed by atoms with Crippen LogP contribution in [0.1, 0.15) is 22.8 Å². The third kappa shape index (κ3) is 3.85. The highest BCUT2D eigenvalue weighted by Crippen LogP contribution is 2.13. The third-order valence-electron chi connectivity index (χ3n) is 2.70. The quantitative estimate of drug-likeness (QED) is 0.892. The first-order valence-electron chi connectivity index (χ1n) is 6.34. The Kier molecular flexibility index (Phi) is 4.56. The van der Waals surface area contributed by atoms with Gasteiger partial charge in [-0.1, -0.05) is 30.3 Å². The lowest BCUT2D eigenvalue weighted by Crippen LogP contribution is -2.22. The van der Waals surface area contributed by atoms with Gasteiger partial charge >= 0.3 is 0 Å². The molecular formula is C16H17NO2. The molecule has 0 atom stereocenters. The number of rotatable bonds is 5. The van der Waals surface area contributed by atoms with Crippen molar-refractivity contribution in [3.8, 4) is 5.75 Å². The van der Waals surface area contributed by atoms with Gasteiger partial charge in [-0.2, -0.15) is 0 Å². The molecular weight excluding hydrogens is 238 g/mol. The van der Waals surface area contributed by atoms with Gasteiger partial charge in [0, 0.05) is 12.1 Å². The molecule has 0 heterocycles. The average molecular weight is 255 g/mol. The molecule has 3 heteroatoms. The molecule has 19 heavy (non-hydrogen) atoms. The summed E-state index contributed by atoms with van der Waals surface area (Å²) in [5.41, 5.74) is 1.69. The van der Waals surface area contributed by atoms with E-state index in [1.807, 2.05) is 49.4 Å². The lowest BCUT2D eigenvalue weighted by molar-refractivity contribution is 0.0951. The van der Waals surface area contributed by atoms with Crippen molar-refractivity contribution in [1.82, 2.24) is 5.32 Å². The number of amides is 1. The highest BCUT2D eigenvalue weighted by Gasteiger charge is 2.04. The van der Waals surface area contributed by atoms with Crippen LogP contribution in [0.4, 0.5) is 0 Å². The van der Waals surface area contributed by atoms with Crippen molar-refractivity contribution < 1.29 is 9.53 Å². The molecule has 3 nitrogen and oxygen atoms in total. The topological polar surface area (TPSA) is 38.3 Å². The molecule has 1 amide bonds. The number of nitrogens with one attached hydrogen (secondary N) is 1. The van der Waals surface area contributed by atoms with Crippen molar-refractivity contribution >= 4 is 5.91 Å². The Labute approximate surface area is 113 Å². The molecule has 0 spiro atoms. The molecule has 0 fully saturated rings. The predicted molar refractivity (Wildman–Crippen MR) is 75.2 cm³/mol. The second-order valence-corrected chi connectivity index (χ2v) is 4.13. The van der Waals surface area contributed by atoms with E-state index in [1.54, 1.807) is 12.1 Å². The van der Waals surface area contributed by atoms with Crippen LogP contribution in [0.5, 0.6) is 5.75 Å². The molecule has 0 aromatic heterocycles. The Morgan fingerprint density at radius 2 is 1.89 bits per heavy atom. The van der Waals surface area contributed by atoms with Crippen molar-refractivity contribution in [2.75, 3.05) is 6.61 Å². The molecule has 2 aromatic carbocycles. The van der Waals surface area contributed by atoms with Gasteiger partial charge in [0.05, 0.1) is 6.61 Å². The van der Waals surface area contributed by atoms with E-state index in [0.29, 0.717) is 18.7 Å². The van der Waals surface area contributed by atoms with E-state index in [0.717, 1.165) is 11.3 Å². The van der Waals surface area contributed by atoms with Crippen molar-refractivity contribution in [3.63, 3.8) is 0 Å². The SMILES string of the molecule is CCOc1cccc(CNC(=O)c2ccccc2)c1. The molecule has 0 aliphatic heterocycles. The highest BCUT2D eigenvalue weighted by atomic mass is 16.5. The van der Waals surface area contributed by atoms with E-state index in [1.165, 1.54) is 0 Å². The molecule has 0 radical (unpaired) electrons. The molecule has 0 saturated carbocycles. The second kappa shape index (κ2) is 6.59. The van der Waals surface area contributed by atoms with E-state index >= 15 is 0 Å². The van der Waals surface area contributed by atoms with Gasteiger partial charge in [-0.05, 0) is 36.8 Å². The Bertz CT molecular complexity index is 537. The van der Waals surface area contributed by atoms with Gasteiger partial charge in [-0.25, -0.2) is 0 Å². The Morgan fingerprint density at radius 1 is 1.11 bits per heavy atom. The van der Waals surface area contributed by atoms with Crippen LogP contribution in [-0.4, -0.2) is 12.5 Å². The molecule has 0 bridgehead atoms. The van der Waals surface area contributed by atoms with Crippen molar-refractivity contribution in [2.24, 2.45) is 0 Å². The molecule has 2 rings (SSSR count). The van der Waals surface area contributed by atoms with Gasteiger partial charge in [0.2, 0.25) is 0 Å². The fraction of sp³-hybridized carbons (Fsp3) is 0.188. The summed E-state index contributed by atoms with van der Waals surface area (Å²) in [5, 5.41) is 2.89. The summed E-state index contributed by atoms with van der Waals surface area (Å²) in [4.78, 5) is 11.9. The van der Waals surface area contributed by atoms with Gasteiger partial charge in [0.25, 0.3) is 5.91 Å². The first kappa shape index (κ1) is 13.1. The van der Waals surface area contributed by atoms with Crippen LogP contribution in [0.3, 0.4) is 0 Å². The first-order chi connectivity index (χ1) is 9.29. The number of hydrogen-bond donors (Lipinski definition) is 1. The fourth-order valence-electron chi connectivity index (χ4n) is 1.79. The number of carbonyl (C=O) groups is 1. The summed E-state index contributed by atoms with van der Waals surface area (Å²) in [6, 6.07) is 16.9. The number of hydrogen-bond acceptors (Lipinski definition) is 2. The van der Waals surface area contributed by atoms with E-state index in [2.05, 4.69) is 5.32 Å². The average Bonchev–Trinajstić information content (AvgIpc) is 2.46. The predicted octanol–water partition coefficient (Wildman–Crippen LogP) is 3.02. The zero-order valence-corrected chi connectivity index (χ0v) is 10.9. The molecule has 0 aliphatic carbocycles. The molecule has 1 N–H and O–H groups in total. The van der Waals surface area contributed by atoms with Gasteiger partial charge < -0.3 is 10.1 Å². The van der Waals surface area contributed by atoms with E-state index in [9.17, 15) is 4.79 Å². The van der Waals surface area contributed by atoms with Crippen LogP contribution in [-0.2, 0) is 6.54 Å². The van der Waals surface area contributed by atoms with Gasteiger partial charge in [0.1, 0.15) is 5.75 Å². The maximum atomic E-state index is 11.9. The lowest BCUT2D eigenvalue weighted by Gasteiger charge is -2.07. The fourth-order valence-corrected chi connectivity index (χ4v) is 1.79. The monoisotopic (exact) mass is 255 g/mol. The summed E-state index contributed by atoms with van der Waals surface area (Å²) in [6.07, 6.45) is 0. The normalized spacial score (nSPS) is 9.95. The van der Waals surface area contributed by atoms with Crippen LogP contribution < -0.4 is 10.1 Å². The molecule has 0 saturated heterocycles. The van der Waals surface area contributed by atoms with Gasteiger partial charge in [-0.15, -0.1) is 0 Å². The van der Waals surface area contributed by atoms with E-state index < -0.39 is 0 Å². The lowest BCUT2D eigenvalue weighted by atomic mass is 10.2. The summed E-state index contributed by atoms with van der Waals surface area (Å²) in [7, 11) is 0. The number of ether oxygens (including phenoxy) is 1. The summed E-state index contributed by atoms with van der Waals surface area (Å²) in [5.74, 6) is 0.761. The minimum atomic E-state index is -0.0672. The zero-order valence-electron chi connectivity index (χ0n) is 10.9. The summed E-state index contributed by atoms with van der Waals surface area (Å²) < 4.78 is 5.43. The number of carbonyl (C=O) groups excluding carboxylic acids is 1. The Balaban J connectivity index is 1.95. The van der Waals surface area contributed by atoms with E-state index in [4.69, 9.17) is 4.74 Å². The summed E-state index contributed by atoms with van der Waals surface area (Å²) in [6.45, 7) is 3.08. The maximum Gasteiger partial charge on any atom is 0.251 e. The van der Waals surface area contributed by atoms with Crippen LogP contribution in [0.25, 0.3) is 0 Å². The van der Waals surface area contributed by atoms with E-state index in [-0.39, 0.29) is 5.91 Å². The van der Waals surface area contributed by atoms with Gasteiger partial charge in [0.15, 0.2) is 0 Å². The smallest absolute Gasteiger partial charge is 0.251 e. The standard InChI is InChI=1S/C16H17NO2/c1-2-19-15-10-6-7-13(11-15)12-17-16(18)14-8-4-3-5-9-14/h3-11H,2,12H2,1H3,(H,17,18). The largest absolute Gasteiger partial charge is 0.494 e. The molecule has 0 aliphatic rings. The third-order valence-corrected chi connectivity index (χ3v) is 2.70. The molecule has 98 valence electrons. The highest BCUT2D eigenvalue weighted by molar-refractivity contribution is 5.94. The van der Waals surface area contributed by atoms with Crippen LogP contribution in [0, 0.1) is 0 Å². The zero-order chi connectivity index (χ0) is 13.5. The van der Waals surface area contributed by atoms with Crippen molar-refractivity contribution in [1.29, 1.82) is 0 Å². The second-order valence-electron chi connectivity index (χ2n) is 4.13. The van der Waals surface area contributed by atoms with Gasteiger partial charge in [-0.3, -0.25) is 4.79 Å². The van der Waals surface area contributed by atoms with Crippen molar-refractivity contribution in [2.45, 2.75) is 13.5 Å². The minimum Gasteiger partial charge on any atom is -0.494 e. The van der Waals surface area contributed by atoms with Crippen molar-refractivity contribution in [3.05, 3.63) is 65.7 Å². The molecule has 0 unspecified atom stereocenters. The Hall–Kier alpha value is -2.29. The van der Waals surface area contributed by atoms with Crippen LogP contribution in [0.2, 0.25) is 0 Å². The summed E-state index contributed by atoms with van der Waals surface area (Å²) >= 11 is 0. The first-order valence-corrected chi connectivity index (χ1v) is 6.34. The Morgan fingerprint density at radius 3 is 2.63 bits per heavy atom. The minimum absolute atomic E-state index is 0.0672. The van der Waals surface area contributed by atoms with Crippen LogP contribution in [0.15, 0.2) is 54.6 Å².